The molecule has 0 bridgehead atoms. The zero-order chi connectivity index (χ0) is 11.0. The molecule has 0 spiro atoms. The summed E-state index contributed by atoms with van der Waals surface area (Å²) in [5.74, 6) is 1.94. The third-order valence-corrected chi connectivity index (χ3v) is 3.67. The number of hydrogen-bond donors (Lipinski definition) is 0. The van der Waals surface area contributed by atoms with E-state index in [4.69, 9.17) is 0 Å². The van der Waals surface area contributed by atoms with Crippen LogP contribution in [0.5, 0.6) is 0 Å². The molecule has 1 nitrogen and oxygen atoms in total. The molecule has 2 unspecified atom stereocenters. The Labute approximate surface area is 92.9 Å². The molecular weight excluding hydrogens is 182 g/mol. The fourth-order valence-electron chi connectivity index (χ4n) is 2.42. The highest BCUT2D eigenvalue weighted by molar-refractivity contribution is 5.33. The Kier molecular flexibility index (Phi) is 2.81. The zero-order valence-corrected chi connectivity index (χ0v) is 10.2. The summed E-state index contributed by atoms with van der Waals surface area (Å²) in [4.78, 5) is 4.67. The number of pyridine rings is 1. The number of hydrogen-bond acceptors (Lipinski definition) is 1. The molecule has 0 N–H and O–H groups in total. The molecule has 82 valence electrons. The van der Waals surface area contributed by atoms with E-state index < -0.39 is 0 Å². The fourth-order valence-corrected chi connectivity index (χ4v) is 2.42. The number of aromatic nitrogens is 1. The molecule has 0 saturated carbocycles. The van der Waals surface area contributed by atoms with Crippen molar-refractivity contribution in [3.8, 4) is 0 Å². The van der Waals surface area contributed by atoms with Gasteiger partial charge in [0.2, 0.25) is 0 Å². The van der Waals surface area contributed by atoms with Crippen LogP contribution in [0.15, 0.2) is 12.3 Å². The minimum absolute atomic E-state index is 0.590. The van der Waals surface area contributed by atoms with Gasteiger partial charge in [-0.25, -0.2) is 0 Å². The monoisotopic (exact) mass is 203 g/mol. The van der Waals surface area contributed by atoms with Gasteiger partial charge >= 0.3 is 0 Å². The lowest BCUT2D eigenvalue weighted by molar-refractivity contribution is 0.513. The first-order valence-corrected chi connectivity index (χ1v) is 6.09. The van der Waals surface area contributed by atoms with Gasteiger partial charge in [-0.05, 0) is 41.7 Å². The molecular formula is C14H21N. The standard InChI is InChI=1S/C14H21N/c1-9(2)12-7-13-10(3)5-6-11(4)14(13)15-8-12/h7-11H,5-6H2,1-4H3. The Hall–Kier alpha value is -0.850. The first kappa shape index (κ1) is 10.7. The quantitative estimate of drug-likeness (QED) is 0.666. The van der Waals surface area contributed by atoms with Gasteiger partial charge in [0.05, 0.1) is 0 Å². The molecule has 0 amide bonds. The normalized spacial score (nSPS) is 25.4. The molecule has 2 atom stereocenters. The predicted octanol–water partition coefficient (Wildman–Crippen LogP) is 4.21. The molecule has 1 heteroatoms. The highest BCUT2D eigenvalue weighted by Crippen LogP contribution is 2.37. The summed E-state index contributed by atoms with van der Waals surface area (Å²) in [5.41, 5.74) is 4.23. The smallest absolute Gasteiger partial charge is 0.0466 e. The van der Waals surface area contributed by atoms with Crippen molar-refractivity contribution in [1.29, 1.82) is 0 Å². The van der Waals surface area contributed by atoms with Gasteiger partial charge in [0, 0.05) is 11.9 Å². The maximum atomic E-state index is 4.67. The van der Waals surface area contributed by atoms with E-state index in [1.165, 1.54) is 29.7 Å². The van der Waals surface area contributed by atoms with Gasteiger partial charge in [-0.3, -0.25) is 4.98 Å². The summed E-state index contributed by atoms with van der Waals surface area (Å²) in [6, 6.07) is 2.38. The van der Waals surface area contributed by atoms with Crippen LogP contribution in [-0.2, 0) is 0 Å². The average Bonchev–Trinajstić information content (AvgIpc) is 2.23. The molecule has 1 aliphatic rings. The van der Waals surface area contributed by atoms with Crippen LogP contribution in [0.25, 0.3) is 0 Å². The van der Waals surface area contributed by atoms with E-state index in [0.717, 1.165) is 0 Å². The zero-order valence-electron chi connectivity index (χ0n) is 10.2. The topological polar surface area (TPSA) is 12.9 Å². The van der Waals surface area contributed by atoms with Crippen molar-refractivity contribution in [2.24, 2.45) is 0 Å². The van der Waals surface area contributed by atoms with Crippen LogP contribution in [0.4, 0.5) is 0 Å². The first-order valence-electron chi connectivity index (χ1n) is 6.09. The SMILES string of the molecule is CC(C)c1cnc2c(c1)C(C)CCC2C. The Morgan fingerprint density at radius 3 is 2.53 bits per heavy atom. The van der Waals surface area contributed by atoms with E-state index in [1.54, 1.807) is 0 Å². The summed E-state index contributed by atoms with van der Waals surface area (Å²) in [6.07, 6.45) is 4.68. The van der Waals surface area contributed by atoms with E-state index in [2.05, 4.69) is 44.9 Å². The van der Waals surface area contributed by atoms with Crippen LogP contribution in [0.1, 0.15) is 75.1 Å². The van der Waals surface area contributed by atoms with Gasteiger partial charge in [0.25, 0.3) is 0 Å². The first-order chi connectivity index (χ1) is 7.09. The second kappa shape index (κ2) is 3.96. The Morgan fingerprint density at radius 2 is 1.87 bits per heavy atom. The third kappa shape index (κ3) is 1.92. The number of rotatable bonds is 1. The van der Waals surface area contributed by atoms with Gasteiger partial charge in [0.1, 0.15) is 0 Å². The lowest BCUT2D eigenvalue weighted by Gasteiger charge is -2.27. The minimum Gasteiger partial charge on any atom is -0.260 e. The number of fused-ring (bicyclic) bond motifs is 1. The molecule has 15 heavy (non-hydrogen) atoms. The average molecular weight is 203 g/mol. The van der Waals surface area contributed by atoms with Crippen LogP contribution in [0, 0.1) is 0 Å². The molecule has 0 saturated heterocycles. The molecule has 0 aliphatic heterocycles. The van der Waals surface area contributed by atoms with Crippen molar-refractivity contribution < 1.29 is 0 Å². The van der Waals surface area contributed by atoms with E-state index in [0.29, 0.717) is 17.8 Å². The molecule has 1 heterocycles. The second-order valence-electron chi connectivity index (χ2n) is 5.28. The van der Waals surface area contributed by atoms with Gasteiger partial charge in [-0.15, -0.1) is 0 Å². The summed E-state index contributed by atoms with van der Waals surface area (Å²) >= 11 is 0. The number of nitrogens with zero attached hydrogens (tertiary/aromatic N) is 1. The van der Waals surface area contributed by atoms with Crippen LogP contribution in [-0.4, -0.2) is 4.98 Å². The summed E-state index contributed by atoms with van der Waals surface area (Å²) in [5, 5.41) is 0. The Morgan fingerprint density at radius 1 is 1.20 bits per heavy atom. The van der Waals surface area contributed by atoms with Crippen LogP contribution >= 0.6 is 0 Å². The molecule has 1 aromatic heterocycles. The van der Waals surface area contributed by atoms with Crippen molar-refractivity contribution in [3.05, 3.63) is 29.1 Å². The van der Waals surface area contributed by atoms with Crippen LogP contribution in [0.2, 0.25) is 0 Å². The van der Waals surface area contributed by atoms with E-state index in [-0.39, 0.29) is 0 Å². The summed E-state index contributed by atoms with van der Waals surface area (Å²) in [7, 11) is 0. The van der Waals surface area contributed by atoms with Gasteiger partial charge < -0.3 is 0 Å². The molecule has 0 aromatic carbocycles. The molecule has 1 aliphatic carbocycles. The molecule has 1 aromatic rings. The largest absolute Gasteiger partial charge is 0.260 e. The maximum absolute atomic E-state index is 4.67. The highest BCUT2D eigenvalue weighted by Gasteiger charge is 2.23. The van der Waals surface area contributed by atoms with E-state index >= 15 is 0 Å². The van der Waals surface area contributed by atoms with Crippen molar-refractivity contribution >= 4 is 0 Å². The maximum Gasteiger partial charge on any atom is 0.0466 e. The second-order valence-corrected chi connectivity index (χ2v) is 5.28. The van der Waals surface area contributed by atoms with E-state index in [9.17, 15) is 0 Å². The van der Waals surface area contributed by atoms with Crippen LogP contribution in [0.3, 0.4) is 0 Å². The van der Waals surface area contributed by atoms with Gasteiger partial charge in [-0.1, -0.05) is 33.8 Å². The van der Waals surface area contributed by atoms with Gasteiger partial charge in [-0.2, -0.15) is 0 Å². The molecule has 0 radical (unpaired) electrons. The Balaban J connectivity index is 2.45. The van der Waals surface area contributed by atoms with Crippen molar-refractivity contribution in [1.82, 2.24) is 4.98 Å². The lowest BCUT2D eigenvalue weighted by Crippen LogP contribution is -2.13. The molecule has 2 rings (SSSR count). The minimum atomic E-state index is 0.590. The lowest BCUT2D eigenvalue weighted by atomic mass is 9.80. The van der Waals surface area contributed by atoms with Crippen LogP contribution < -0.4 is 0 Å². The van der Waals surface area contributed by atoms with Crippen molar-refractivity contribution in [2.45, 2.75) is 58.3 Å². The van der Waals surface area contributed by atoms with Crippen molar-refractivity contribution in [2.75, 3.05) is 0 Å². The summed E-state index contributed by atoms with van der Waals surface area (Å²) in [6.45, 7) is 9.10. The Bertz CT molecular complexity index is 354. The third-order valence-electron chi connectivity index (χ3n) is 3.67. The predicted molar refractivity (Wildman–Crippen MR) is 64.4 cm³/mol. The van der Waals surface area contributed by atoms with E-state index in [1.807, 2.05) is 0 Å². The summed E-state index contributed by atoms with van der Waals surface area (Å²) < 4.78 is 0. The molecule has 0 fully saturated rings. The van der Waals surface area contributed by atoms with Crippen molar-refractivity contribution in [3.63, 3.8) is 0 Å². The van der Waals surface area contributed by atoms with Gasteiger partial charge in [0.15, 0.2) is 0 Å². The fraction of sp³-hybridized carbons (Fsp3) is 0.643. The highest BCUT2D eigenvalue weighted by atomic mass is 14.7.